The number of hydrogen-bond acceptors (Lipinski definition) is 1. The van der Waals surface area contributed by atoms with Crippen molar-refractivity contribution in [3.8, 4) is 0 Å². The van der Waals surface area contributed by atoms with Crippen LogP contribution in [0.15, 0.2) is 22.7 Å². The van der Waals surface area contributed by atoms with E-state index in [1.54, 1.807) is 12.1 Å². The number of likely N-dealkylation sites (N-methyl/N-ethyl adjacent to an activating group) is 1. The lowest BCUT2D eigenvalue weighted by Crippen LogP contribution is -2.39. The summed E-state index contributed by atoms with van der Waals surface area (Å²) in [6, 6.07) is 5.40. The van der Waals surface area contributed by atoms with Gasteiger partial charge < -0.3 is 5.32 Å². The quantitative estimate of drug-likeness (QED) is 0.818. The zero-order valence-corrected chi connectivity index (χ0v) is 14.3. The number of nitrogens with one attached hydrogen (secondary N) is 1. The van der Waals surface area contributed by atoms with Crippen LogP contribution in [0.25, 0.3) is 0 Å². The van der Waals surface area contributed by atoms with Gasteiger partial charge in [0.1, 0.15) is 5.82 Å². The Morgan fingerprint density at radius 1 is 1.35 bits per heavy atom. The first-order valence-corrected chi connectivity index (χ1v) is 8.32. The van der Waals surface area contributed by atoms with Gasteiger partial charge in [0.25, 0.3) is 0 Å². The van der Waals surface area contributed by atoms with Gasteiger partial charge in [0.2, 0.25) is 0 Å². The average Bonchev–Trinajstić information content (AvgIpc) is 2.40. The molecule has 1 aliphatic carbocycles. The molecule has 2 rings (SSSR count). The summed E-state index contributed by atoms with van der Waals surface area (Å²) in [5.74, 6) is 0.547. The molecule has 0 aliphatic heterocycles. The first kappa shape index (κ1) is 16.0. The molecule has 0 aromatic heterocycles. The zero-order chi connectivity index (χ0) is 14.8. The smallest absolute Gasteiger partial charge is 0.123 e. The lowest BCUT2D eigenvalue weighted by molar-refractivity contribution is 0.163. The standard InChI is InChI=1S/C17H25BrFN/c1-17(2)8-6-12(7-9-17)16(20-3)11-13-10-14(19)4-5-15(13)18/h4-5,10,12,16,20H,6-9,11H2,1-3H3. The van der Waals surface area contributed by atoms with Crippen molar-refractivity contribution in [3.63, 3.8) is 0 Å². The third-order valence-corrected chi connectivity index (χ3v) is 5.54. The van der Waals surface area contributed by atoms with E-state index in [1.165, 1.54) is 31.7 Å². The van der Waals surface area contributed by atoms with Crippen LogP contribution in [0.4, 0.5) is 4.39 Å². The molecule has 0 heterocycles. The summed E-state index contributed by atoms with van der Waals surface area (Å²) < 4.78 is 14.4. The number of benzene rings is 1. The van der Waals surface area contributed by atoms with Crippen LogP contribution in [0.2, 0.25) is 0 Å². The largest absolute Gasteiger partial charge is 0.316 e. The van der Waals surface area contributed by atoms with Crippen molar-refractivity contribution in [3.05, 3.63) is 34.1 Å². The van der Waals surface area contributed by atoms with Crippen LogP contribution in [0.5, 0.6) is 0 Å². The normalized spacial score (nSPS) is 20.9. The highest BCUT2D eigenvalue weighted by molar-refractivity contribution is 9.10. The fraction of sp³-hybridized carbons (Fsp3) is 0.647. The fourth-order valence-corrected chi connectivity index (χ4v) is 3.67. The average molecular weight is 342 g/mol. The molecule has 1 aromatic rings. The molecule has 3 heteroatoms. The number of hydrogen-bond donors (Lipinski definition) is 1. The molecule has 0 amide bonds. The monoisotopic (exact) mass is 341 g/mol. The molecule has 112 valence electrons. The highest BCUT2D eigenvalue weighted by Gasteiger charge is 2.31. The predicted octanol–water partition coefficient (Wildman–Crippen LogP) is 4.94. The molecule has 1 aromatic carbocycles. The summed E-state index contributed by atoms with van der Waals surface area (Å²) in [6.07, 6.45) is 6.01. The Bertz CT molecular complexity index is 448. The summed E-state index contributed by atoms with van der Waals surface area (Å²) in [5.41, 5.74) is 1.56. The van der Waals surface area contributed by atoms with E-state index in [0.717, 1.165) is 16.5 Å². The minimum absolute atomic E-state index is 0.150. The Morgan fingerprint density at radius 3 is 2.60 bits per heavy atom. The van der Waals surface area contributed by atoms with Gasteiger partial charge in [0.15, 0.2) is 0 Å². The zero-order valence-electron chi connectivity index (χ0n) is 12.7. The highest BCUT2D eigenvalue weighted by Crippen LogP contribution is 2.39. The van der Waals surface area contributed by atoms with Crippen LogP contribution in [0.3, 0.4) is 0 Å². The van der Waals surface area contributed by atoms with E-state index < -0.39 is 0 Å². The Morgan fingerprint density at radius 2 is 2.00 bits per heavy atom. The van der Waals surface area contributed by atoms with Gasteiger partial charge in [-0.2, -0.15) is 0 Å². The van der Waals surface area contributed by atoms with Crippen LogP contribution in [-0.4, -0.2) is 13.1 Å². The summed E-state index contributed by atoms with van der Waals surface area (Å²) in [7, 11) is 2.03. The summed E-state index contributed by atoms with van der Waals surface area (Å²) in [6.45, 7) is 4.72. The van der Waals surface area contributed by atoms with Crippen molar-refractivity contribution in [2.45, 2.75) is 52.0 Å². The van der Waals surface area contributed by atoms with Crippen LogP contribution < -0.4 is 5.32 Å². The van der Waals surface area contributed by atoms with Crippen molar-refractivity contribution < 1.29 is 4.39 Å². The van der Waals surface area contributed by atoms with Crippen molar-refractivity contribution in [2.75, 3.05) is 7.05 Å². The van der Waals surface area contributed by atoms with Gasteiger partial charge in [0.05, 0.1) is 0 Å². The molecule has 1 unspecified atom stereocenters. The van der Waals surface area contributed by atoms with Gasteiger partial charge in [-0.05, 0) is 74.2 Å². The van der Waals surface area contributed by atoms with Gasteiger partial charge in [-0.3, -0.25) is 0 Å². The first-order valence-electron chi connectivity index (χ1n) is 7.52. The third-order valence-electron chi connectivity index (χ3n) is 4.77. The van der Waals surface area contributed by atoms with Crippen molar-refractivity contribution in [2.24, 2.45) is 11.3 Å². The van der Waals surface area contributed by atoms with Crippen LogP contribution in [0.1, 0.15) is 45.1 Å². The SMILES string of the molecule is CNC(Cc1cc(F)ccc1Br)C1CCC(C)(C)CC1. The topological polar surface area (TPSA) is 12.0 Å². The Hall–Kier alpha value is -0.410. The predicted molar refractivity (Wildman–Crippen MR) is 86.4 cm³/mol. The van der Waals surface area contributed by atoms with E-state index in [9.17, 15) is 4.39 Å². The number of rotatable bonds is 4. The fourth-order valence-electron chi connectivity index (χ4n) is 3.27. The van der Waals surface area contributed by atoms with E-state index >= 15 is 0 Å². The minimum atomic E-state index is -0.150. The summed E-state index contributed by atoms with van der Waals surface area (Å²) >= 11 is 3.54. The summed E-state index contributed by atoms with van der Waals surface area (Å²) in [5, 5.41) is 3.45. The maximum atomic E-state index is 13.4. The Balaban J connectivity index is 2.04. The Kier molecular flexibility index (Phi) is 5.25. The minimum Gasteiger partial charge on any atom is -0.316 e. The van der Waals surface area contributed by atoms with Crippen molar-refractivity contribution in [1.29, 1.82) is 0 Å². The molecule has 1 fully saturated rings. The molecule has 1 nitrogen and oxygen atoms in total. The second kappa shape index (κ2) is 6.57. The van der Waals surface area contributed by atoms with Gasteiger partial charge >= 0.3 is 0 Å². The van der Waals surface area contributed by atoms with Crippen LogP contribution in [-0.2, 0) is 6.42 Å². The van der Waals surface area contributed by atoms with Gasteiger partial charge in [-0.25, -0.2) is 4.39 Å². The lowest BCUT2D eigenvalue weighted by Gasteiger charge is -2.38. The maximum absolute atomic E-state index is 13.4. The second-order valence-corrected chi connectivity index (χ2v) is 7.69. The molecule has 0 radical (unpaired) electrons. The van der Waals surface area contributed by atoms with Crippen molar-refractivity contribution in [1.82, 2.24) is 5.32 Å². The van der Waals surface area contributed by atoms with E-state index in [-0.39, 0.29) is 5.82 Å². The molecule has 1 atom stereocenters. The molecular weight excluding hydrogens is 317 g/mol. The Labute approximate surface area is 130 Å². The highest BCUT2D eigenvalue weighted by atomic mass is 79.9. The molecule has 20 heavy (non-hydrogen) atoms. The maximum Gasteiger partial charge on any atom is 0.123 e. The van der Waals surface area contributed by atoms with Crippen LogP contribution >= 0.6 is 15.9 Å². The van der Waals surface area contributed by atoms with E-state index in [1.807, 2.05) is 7.05 Å². The van der Waals surface area contributed by atoms with E-state index in [2.05, 4.69) is 35.1 Å². The van der Waals surface area contributed by atoms with Gasteiger partial charge in [-0.1, -0.05) is 29.8 Å². The van der Waals surface area contributed by atoms with E-state index in [4.69, 9.17) is 0 Å². The molecular formula is C17H25BrFN. The molecule has 0 saturated heterocycles. The molecule has 1 aliphatic rings. The molecule has 1 N–H and O–H groups in total. The van der Waals surface area contributed by atoms with Crippen LogP contribution in [0, 0.1) is 17.2 Å². The number of halogens is 2. The van der Waals surface area contributed by atoms with Gasteiger partial charge in [0, 0.05) is 10.5 Å². The lowest BCUT2D eigenvalue weighted by atomic mass is 9.70. The van der Waals surface area contributed by atoms with Crippen molar-refractivity contribution >= 4 is 15.9 Å². The molecule has 0 spiro atoms. The first-order chi connectivity index (χ1) is 9.41. The van der Waals surface area contributed by atoms with Gasteiger partial charge in [-0.15, -0.1) is 0 Å². The third kappa shape index (κ3) is 4.05. The summed E-state index contributed by atoms with van der Waals surface area (Å²) in [4.78, 5) is 0. The molecule has 1 saturated carbocycles. The van der Waals surface area contributed by atoms with E-state index in [0.29, 0.717) is 17.4 Å². The molecule has 0 bridgehead atoms. The second-order valence-electron chi connectivity index (χ2n) is 6.84.